The van der Waals surface area contributed by atoms with Crippen molar-refractivity contribution in [3.63, 3.8) is 0 Å². The summed E-state index contributed by atoms with van der Waals surface area (Å²) >= 11 is 0. The Labute approximate surface area is 140 Å². The quantitative estimate of drug-likeness (QED) is 0.644. The molecule has 2 aromatic rings. The molecule has 2 rings (SSSR count). The smallest absolute Gasteiger partial charge is 0.285 e. The first kappa shape index (κ1) is 19.9. The molecule has 0 unspecified atom stereocenters. The Hall–Kier alpha value is -2.14. The van der Waals surface area contributed by atoms with Crippen LogP contribution in [0.3, 0.4) is 0 Å². The number of nitrogens with two attached hydrogens (primary N) is 1. The van der Waals surface area contributed by atoms with E-state index in [0.29, 0.717) is 12.3 Å². The van der Waals surface area contributed by atoms with Crippen LogP contribution in [0.25, 0.3) is 5.69 Å². The Kier molecular flexibility index (Phi) is 7.17. The molecular weight excluding hydrogens is 336 g/mol. The van der Waals surface area contributed by atoms with E-state index in [1.165, 1.54) is 0 Å². The van der Waals surface area contributed by atoms with Gasteiger partial charge in [-0.15, -0.1) is 9.38 Å². The number of benzene rings is 1. The highest BCUT2D eigenvalue weighted by atomic mass is 32.2. The highest BCUT2D eigenvalue weighted by molar-refractivity contribution is 7.86. The Bertz CT molecular complexity index is 760. The van der Waals surface area contributed by atoms with Gasteiger partial charge in [0.15, 0.2) is 5.82 Å². The monoisotopic (exact) mass is 358 g/mol. The van der Waals surface area contributed by atoms with Gasteiger partial charge >= 0.3 is 0 Å². The van der Waals surface area contributed by atoms with Gasteiger partial charge in [-0.1, -0.05) is 12.1 Å². The summed E-state index contributed by atoms with van der Waals surface area (Å²) in [5, 5.41) is 4.27. The number of rotatable bonds is 8. The lowest BCUT2D eigenvalue weighted by Gasteiger charge is -2.13. The number of ether oxygens (including phenoxy) is 1. The molecule has 1 aromatic heterocycles. The molecule has 0 fully saturated rings. The zero-order valence-electron chi connectivity index (χ0n) is 13.5. The zero-order chi connectivity index (χ0) is 16.9. The van der Waals surface area contributed by atoms with Gasteiger partial charge in [-0.05, 0) is 31.0 Å². The number of nitrogens with one attached hydrogen (secondary N) is 1. The number of methoxy groups -OCH3 is 1. The summed E-state index contributed by atoms with van der Waals surface area (Å²) in [6, 6.07) is 7.33. The summed E-state index contributed by atoms with van der Waals surface area (Å²) in [6.45, 7) is 0.588. The van der Waals surface area contributed by atoms with Crippen LogP contribution in [0, 0.1) is 0 Å². The largest absolute Gasteiger partial charge is 0.494 e. The topological polar surface area (TPSA) is 140 Å². The van der Waals surface area contributed by atoms with Gasteiger partial charge < -0.3 is 15.9 Å². The van der Waals surface area contributed by atoms with Crippen LogP contribution in [0.15, 0.2) is 30.5 Å². The molecule has 0 radical (unpaired) electrons. The van der Waals surface area contributed by atoms with Crippen LogP contribution in [-0.2, 0) is 20.8 Å². The van der Waals surface area contributed by atoms with Gasteiger partial charge in [0.1, 0.15) is 11.4 Å². The zero-order valence-corrected chi connectivity index (χ0v) is 14.3. The molecule has 0 aliphatic rings. The minimum absolute atomic E-state index is 0. The number of para-hydroxylation sites is 1. The van der Waals surface area contributed by atoms with Crippen molar-refractivity contribution >= 4 is 15.9 Å². The summed E-state index contributed by atoms with van der Waals surface area (Å²) in [7, 11) is -2.03. The van der Waals surface area contributed by atoms with E-state index in [-0.39, 0.29) is 11.3 Å². The van der Waals surface area contributed by atoms with Gasteiger partial charge in [0.2, 0.25) is 0 Å². The van der Waals surface area contributed by atoms with Gasteiger partial charge in [-0.2, -0.15) is 8.42 Å². The fourth-order valence-corrected chi connectivity index (χ4v) is 2.34. The Morgan fingerprint density at radius 1 is 1.33 bits per heavy atom. The van der Waals surface area contributed by atoms with E-state index in [9.17, 15) is 8.42 Å². The Morgan fingerprint density at radius 3 is 2.71 bits per heavy atom. The van der Waals surface area contributed by atoms with Gasteiger partial charge in [-0.3, -0.25) is 0 Å². The van der Waals surface area contributed by atoms with Crippen LogP contribution in [0.1, 0.15) is 12.0 Å². The van der Waals surface area contributed by atoms with Gasteiger partial charge in [0, 0.05) is 12.3 Å². The molecule has 1 aromatic carbocycles. The van der Waals surface area contributed by atoms with Crippen molar-refractivity contribution in [2.24, 2.45) is 5.73 Å². The molecule has 0 amide bonds. The van der Waals surface area contributed by atoms with E-state index in [1.807, 2.05) is 18.2 Å². The lowest BCUT2D eigenvalue weighted by atomic mass is 10.1. The Morgan fingerprint density at radius 2 is 2.08 bits per heavy atom. The van der Waals surface area contributed by atoms with Gasteiger partial charge in [-0.25, -0.2) is 10.2 Å². The third-order valence-electron chi connectivity index (χ3n) is 3.07. The normalized spacial score (nSPS) is 11.0. The lowest BCUT2D eigenvalue weighted by Crippen LogP contribution is -2.10. The van der Waals surface area contributed by atoms with E-state index in [0.717, 1.165) is 30.3 Å². The van der Waals surface area contributed by atoms with E-state index in [4.69, 9.17) is 10.5 Å². The third kappa shape index (κ3) is 5.20. The minimum Gasteiger partial charge on any atom is -0.494 e. The molecule has 10 heteroatoms. The molecule has 0 aliphatic heterocycles. The molecule has 0 spiro atoms. The second-order valence-corrected chi connectivity index (χ2v) is 6.47. The minimum atomic E-state index is -3.61. The maximum Gasteiger partial charge on any atom is 0.285 e. The maximum atomic E-state index is 11.0. The first-order chi connectivity index (χ1) is 10.9. The van der Waals surface area contributed by atoms with Crippen LogP contribution in [0.4, 0.5) is 5.82 Å². The SMILES string of the molecule is COc1cccc(CCCN)c1-n1ccc(NOS(C)(=O)=O)n1.O. The number of anilines is 1. The molecule has 5 N–H and O–H groups in total. The fraction of sp³-hybridized carbons (Fsp3) is 0.357. The predicted octanol–water partition coefficient (Wildman–Crippen LogP) is 0.251. The first-order valence-electron chi connectivity index (χ1n) is 7.01. The second-order valence-electron chi connectivity index (χ2n) is 4.90. The summed E-state index contributed by atoms with van der Waals surface area (Å²) in [5.41, 5.74) is 9.70. The average Bonchev–Trinajstić information content (AvgIpc) is 2.98. The number of aryl methyl sites for hydroxylation is 1. The summed E-state index contributed by atoms with van der Waals surface area (Å²) in [6.07, 6.45) is 4.26. The van der Waals surface area contributed by atoms with Crippen LogP contribution in [-0.4, -0.2) is 43.6 Å². The van der Waals surface area contributed by atoms with E-state index >= 15 is 0 Å². The van der Waals surface area contributed by atoms with Crippen molar-refractivity contribution in [1.82, 2.24) is 9.78 Å². The summed E-state index contributed by atoms with van der Waals surface area (Å²) in [5.74, 6) is 0.935. The molecular formula is C14H22N4O5S. The van der Waals surface area contributed by atoms with Crippen molar-refractivity contribution in [3.8, 4) is 11.4 Å². The van der Waals surface area contributed by atoms with Crippen molar-refractivity contribution in [1.29, 1.82) is 0 Å². The Balaban J connectivity index is 0.00000288. The van der Waals surface area contributed by atoms with Gasteiger partial charge in [0.25, 0.3) is 10.1 Å². The molecule has 0 atom stereocenters. The number of hydrogen-bond acceptors (Lipinski definition) is 7. The standard InChI is InChI=1S/C14H20N4O4S.H2O/c1-21-12-7-3-5-11(6-4-9-15)14(12)18-10-8-13(16-18)17-22-23(2,19)20;/h3,5,7-8,10H,4,6,9,15H2,1-2H3,(H,16,17);1H2. The summed E-state index contributed by atoms with van der Waals surface area (Å²) in [4.78, 5) is 0. The van der Waals surface area contributed by atoms with Crippen molar-refractivity contribution in [2.45, 2.75) is 12.8 Å². The fourth-order valence-electron chi connectivity index (χ4n) is 2.11. The molecule has 0 bridgehead atoms. The molecule has 0 saturated heterocycles. The van der Waals surface area contributed by atoms with Gasteiger partial charge in [0.05, 0.1) is 13.4 Å². The number of aromatic nitrogens is 2. The molecule has 9 nitrogen and oxygen atoms in total. The average molecular weight is 358 g/mol. The van der Waals surface area contributed by atoms with Crippen molar-refractivity contribution in [2.75, 3.05) is 25.4 Å². The third-order valence-corrected chi connectivity index (χ3v) is 3.45. The van der Waals surface area contributed by atoms with Crippen molar-refractivity contribution in [3.05, 3.63) is 36.0 Å². The first-order valence-corrected chi connectivity index (χ1v) is 8.82. The number of hydrogen-bond donors (Lipinski definition) is 2. The lowest BCUT2D eigenvalue weighted by molar-refractivity contribution is 0.393. The molecule has 0 saturated carbocycles. The molecule has 1 heterocycles. The predicted molar refractivity (Wildman–Crippen MR) is 90.7 cm³/mol. The van der Waals surface area contributed by atoms with E-state index in [2.05, 4.69) is 14.9 Å². The highest BCUT2D eigenvalue weighted by Gasteiger charge is 2.13. The van der Waals surface area contributed by atoms with E-state index < -0.39 is 10.1 Å². The molecule has 134 valence electrons. The molecule has 24 heavy (non-hydrogen) atoms. The van der Waals surface area contributed by atoms with Crippen LogP contribution >= 0.6 is 0 Å². The van der Waals surface area contributed by atoms with Crippen LogP contribution < -0.4 is 16.0 Å². The van der Waals surface area contributed by atoms with E-state index in [1.54, 1.807) is 24.1 Å². The maximum absolute atomic E-state index is 11.0. The second kappa shape index (κ2) is 8.64. The van der Waals surface area contributed by atoms with Crippen LogP contribution in [0.2, 0.25) is 0 Å². The highest BCUT2D eigenvalue weighted by Crippen LogP contribution is 2.27. The van der Waals surface area contributed by atoms with Crippen LogP contribution in [0.5, 0.6) is 5.75 Å². The number of nitrogens with zero attached hydrogens (tertiary/aromatic N) is 2. The summed E-state index contributed by atoms with van der Waals surface area (Å²) < 4.78 is 33.5. The van der Waals surface area contributed by atoms with Crippen molar-refractivity contribution < 1.29 is 22.9 Å². The molecule has 0 aliphatic carbocycles.